The van der Waals surface area contributed by atoms with E-state index >= 15 is 0 Å². The fourth-order valence-electron chi connectivity index (χ4n) is 2.75. The average Bonchev–Trinajstić information content (AvgIpc) is 2.43. The molecule has 0 radical (unpaired) electrons. The Labute approximate surface area is 128 Å². The number of hydrogen-bond acceptors (Lipinski definition) is 3. The third-order valence-corrected chi connectivity index (χ3v) is 4.70. The average molecular weight is 340 g/mol. The summed E-state index contributed by atoms with van der Waals surface area (Å²) in [6.45, 7) is 4.56. The van der Waals surface area contributed by atoms with E-state index in [1.54, 1.807) is 13.2 Å². The van der Waals surface area contributed by atoms with Crippen LogP contribution in [0.1, 0.15) is 43.5 Å². The van der Waals surface area contributed by atoms with Crippen LogP contribution >= 0.6 is 15.9 Å². The molecule has 1 aliphatic carbocycles. The van der Waals surface area contributed by atoms with E-state index in [1.807, 2.05) is 6.07 Å². The van der Waals surface area contributed by atoms with Crippen LogP contribution in [0.4, 0.5) is 5.82 Å². The van der Waals surface area contributed by atoms with Crippen molar-refractivity contribution in [2.45, 2.75) is 39.2 Å². The number of rotatable bonds is 3. The second-order valence-electron chi connectivity index (χ2n) is 5.74. The van der Waals surface area contributed by atoms with Crippen molar-refractivity contribution in [1.29, 1.82) is 0 Å². The molecule has 3 unspecified atom stereocenters. The first-order valence-electron chi connectivity index (χ1n) is 7.15. The van der Waals surface area contributed by atoms with Gasteiger partial charge >= 0.3 is 0 Å². The van der Waals surface area contributed by atoms with Crippen LogP contribution in [0.25, 0.3) is 0 Å². The Bertz CT molecular complexity index is 492. The SMILES string of the molecule is CNc1ncc(Br)cc1C(=O)NC1CCC(C)C(C)C1. The lowest BCUT2D eigenvalue weighted by molar-refractivity contribution is 0.0911. The topological polar surface area (TPSA) is 54.0 Å². The Kier molecular flexibility index (Phi) is 5.02. The number of anilines is 1. The molecule has 1 heterocycles. The van der Waals surface area contributed by atoms with E-state index in [0.29, 0.717) is 17.3 Å². The summed E-state index contributed by atoms with van der Waals surface area (Å²) in [5.74, 6) is 1.99. The van der Waals surface area contributed by atoms with Crippen LogP contribution < -0.4 is 10.6 Å². The van der Waals surface area contributed by atoms with Gasteiger partial charge in [-0.25, -0.2) is 4.98 Å². The van der Waals surface area contributed by atoms with Crippen LogP contribution in [0, 0.1) is 11.8 Å². The summed E-state index contributed by atoms with van der Waals surface area (Å²) in [7, 11) is 1.78. The maximum absolute atomic E-state index is 12.4. The first kappa shape index (κ1) is 15.3. The van der Waals surface area contributed by atoms with E-state index in [-0.39, 0.29) is 11.9 Å². The summed E-state index contributed by atoms with van der Waals surface area (Å²) < 4.78 is 0.812. The van der Waals surface area contributed by atoms with Crippen LogP contribution in [-0.2, 0) is 0 Å². The lowest BCUT2D eigenvalue weighted by Crippen LogP contribution is -2.40. The van der Waals surface area contributed by atoms with Crippen molar-refractivity contribution in [1.82, 2.24) is 10.3 Å². The van der Waals surface area contributed by atoms with E-state index in [9.17, 15) is 4.79 Å². The smallest absolute Gasteiger partial charge is 0.255 e. The Morgan fingerprint density at radius 1 is 1.35 bits per heavy atom. The van der Waals surface area contributed by atoms with E-state index < -0.39 is 0 Å². The molecule has 20 heavy (non-hydrogen) atoms. The molecule has 1 aromatic rings. The molecule has 1 saturated carbocycles. The molecule has 110 valence electrons. The minimum Gasteiger partial charge on any atom is -0.372 e. The third kappa shape index (κ3) is 3.51. The van der Waals surface area contributed by atoms with Gasteiger partial charge in [0.1, 0.15) is 5.82 Å². The molecule has 0 saturated heterocycles. The van der Waals surface area contributed by atoms with Gasteiger partial charge in [-0.1, -0.05) is 13.8 Å². The molecule has 2 N–H and O–H groups in total. The molecule has 3 atom stereocenters. The molecule has 0 aromatic carbocycles. The highest BCUT2D eigenvalue weighted by Gasteiger charge is 2.26. The maximum Gasteiger partial charge on any atom is 0.255 e. The Hall–Kier alpha value is -1.10. The van der Waals surface area contributed by atoms with Crippen molar-refractivity contribution in [3.8, 4) is 0 Å². The molecular formula is C15H22BrN3O. The highest BCUT2D eigenvalue weighted by Crippen LogP contribution is 2.29. The molecule has 1 aromatic heterocycles. The van der Waals surface area contributed by atoms with Crippen molar-refractivity contribution in [3.05, 3.63) is 22.3 Å². The molecule has 1 aliphatic rings. The summed E-state index contributed by atoms with van der Waals surface area (Å²) in [5.41, 5.74) is 0.591. The normalized spacial score (nSPS) is 26.1. The predicted octanol–water partition coefficient (Wildman–Crippen LogP) is 3.44. The number of amides is 1. The van der Waals surface area contributed by atoms with Crippen LogP contribution in [0.3, 0.4) is 0 Å². The summed E-state index contributed by atoms with van der Waals surface area (Å²) >= 11 is 3.37. The van der Waals surface area contributed by atoms with Crippen LogP contribution in [0.5, 0.6) is 0 Å². The zero-order chi connectivity index (χ0) is 14.7. The second-order valence-corrected chi connectivity index (χ2v) is 6.65. The predicted molar refractivity (Wildman–Crippen MR) is 84.9 cm³/mol. The minimum atomic E-state index is -0.0464. The van der Waals surface area contributed by atoms with E-state index in [4.69, 9.17) is 0 Å². The number of halogens is 1. The second kappa shape index (κ2) is 6.57. The van der Waals surface area contributed by atoms with Crippen LogP contribution in [0.15, 0.2) is 16.7 Å². The van der Waals surface area contributed by atoms with Gasteiger partial charge in [-0.05, 0) is 53.1 Å². The molecular weight excluding hydrogens is 318 g/mol. The lowest BCUT2D eigenvalue weighted by atomic mass is 9.79. The monoisotopic (exact) mass is 339 g/mol. The van der Waals surface area contributed by atoms with Gasteiger partial charge in [0.05, 0.1) is 5.56 Å². The number of aromatic nitrogens is 1. The van der Waals surface area contributed by atoms with E-state index in [2.05, 4.69) is 45.4 Å². The number of pyridine rings is 1. The molecule has 1 amide bonds. The van der Waals surface area contributed by atoms with Gasteiger partial charge in [0.15, 0.2) is 0 Å². The van der Waals surface area contributed by atoms with E-state index in [1.165, 1.54) is 6.42 Å². The number of nitrogens with zero attached hydrogens (tertiary/aromatic N) is 1. The van der Waals surface area contributed by atoms with Gasteiger partial charge in [0.2, 0.25) is 0 Å². The molecule has 0 bridgehead atoms. The maximum atomic E-state index is 12.4. The van der Waals surface area contributed by atoms with Gasteiger partial charge < -0.3 is 10.6 Å². The molecule has 1 fully saturated rings. The van der Waals surface area contributed by atoms with Crippen molar-refractivity contribution < 1.29 is 4.79 Å². The largest absolute Gasteiger partial charge is 0.372 e. The first-order chi connectivity index (χ1) is 9.51. The van der Waals surface area contributed by atoms with Gasteiger partial charge in [-0.15, -0.1) is 0 Å². The van der Waals surface area contributed by atoms with E-state index in [0.717, 1.165) is 23.2 Å². The number of hydrogen-bond donors (Lipinski definition) is 2. The highest BCUT2D eigenvalue weighted by atomic mass is 79.9. The fraction of sp³-hybridized carbons (Fsp3) is 0.600. The van der Waals surface area contributed by atoms with Gasteiger partial charge in [-0.3, -0.25) is 4.79 Å². The standard InChI is InChI=1S/C15H22BrN3O/c1-9-4-5-12(6-10(9)2)19-15(20)13-7-11(16)8-18-14(13)17-3/h7-10,12H,4-6H2,1-3H3,(H,17,18)(H,19,20). The Morgan fingerprint density at radius 3 is 2.75 bits per heavy atom. The number of nitrogens with one attached hydrogen (secondary N) is 2. The van der Waals surface area contributed by atoms with Crippen LogP contribution in [-0.4, -0.2) is 24.0 Å². The first-order valence-corrected chi connectivity index (χ1v) is 7.94. The molecule has 4 nitrogen and oxygen atoms in total. The summed E-state index contributed by atoms with van der Waals surface area (Å²) in [6.07, 6.45) is 4.99. The minimum absolute atomic E-state index is 0.0464. The number of carbonyl (C=O) groups excluding carboxylic acids is 1. The van der Waals surface area contributed by atoms with Gasteiger partial charge in [0, 0.05) is 23.8 Å². The molecule has 2 rings (SSSR count). The Balaban J connectivity index is 2.07. The third-order valence-electron chi connectivity index (χ3n) is 4.27. The summed E-state index contributed by atoms with van der Waals surface area (Å²) in [6, 6.07) is 2.08. The fourth-order valence-corrected chi connectivity index (χ4v) is 3.08. The summed E-state index contributed by atoms with van der Waals surface area (Å²) in [4.78, 5) is 16.6. The zero-order valence-corrected chi connectivity index (χ0v) is 13.8. The van der Waals surface area contributed by atoms with Crippen molar-refractivity contribution >= 4 is 27.7 Å². The zero-order valence-electron chi connectivity index (χ0n) is 12.2. The number of carbonyl (C=O) groups is 1. The van der Waals surface area contributed by atoms with Crippen molar-refractivity contribution in [2.75, 3.05) is 12.4 Å². The lowest BCUT2D eigenvalue weighted by Gasteiger charge is -2.32. The van der Waals surface area contributed by atoms with Crippen molar-refractivity contribution in [3.63, 3.8) is 0 Å². The quantitative estimate of drug-likeness (QED) is 0.886. The summed E-state index contributed by atoms with van der Waals surface area (Å²) in [5, 5.41) is 6.11. The molecule has 5 heteroatoms. The van der Waals surface area contributed by atoms with Crippen molar-refractivity contribution in [2.24, 2.45) is 11.8 Å². The molecule has 0 spiro atoms. The van der Waals surface area contributed by atoms with Gasteiger partial charge in [-0.2, -0.15) is 0 Å². The Morgan fingerprint density at radius 2 is 2.10 bits per heavy atom. The van der Waals surface area contributed by atoms with Crippen LogP contribution in [0.2, 0.25) is 0 Å². The van der Waals surface area contributed by atoms with Gasteiger partial charge in [0.25, 0.3) is 5.91 Å². The highest BCUT2D eigenvalue weighted by molar-refractivity contribution is 9.10. The molecule has 0 aliphatic heterocycles.